The third kappa shape index (κ3) is 2.87. The Balaban J connectivity index is 1.64. The van der Waals surface area contributed by atoms with Crippen molar-refractivity contribution in [2.75, 3.05) is 18.5 Å². The van der Waals surface area contributed by atoms with Gasteiger partial charge in [0.15, 0.2) is 0 Å². The molecule has 2 aliphatic heterocycles. The lowest BCUT2D eigenvalue weighted by atomic mass is 9.86. The van der Waals surface area contributed by atoms with Crippen molar-refractivity contribution in [2.24, 2.45) is 4.99 Å². The summed E-state index contributed by atoms with van der Waals surface area (Å²) in [7, 11) is 0. The molecule has 1 saturated heterocycles. The fraction of sp³-hybridized carbons (Fsp3) is 0.316. The maximum atomic E-state index is 6.28. The van der Waals surface area contributed by atoms with Crippen LogP contribution in [0.15, 0.2) is 53.5 Å². The van der Waals surface area contributed by atoms with Crippen LogP contribution in [0.5, 0.6) is 0 Å². The molecule has 0 aromatic heterocycles. The van der Waals surface area contributed by atoms with Gasteiger partial charge in [-0.2, -0.15) is 0 Å². The summed E-state index contributed by atoms with van der Waals surface area (Å²) in [5, 5.41) is 8.01. The Morgan fingerprint density at radius 1 is 1.08 bits per heavy atom. The zero-order chi connectivity index (χ0) is 16.4. The number of nitrogens with one attached hydrogen (secondary N) is 2. The number of benzene rings is 2. The van der Waals surface area contributed by atoms with Crippen LogP contribution in [0.3, 0.4) is 0 Å². The van der Waals surface area contributed by atoms with Crippen LogP contribution in [0.1, 0.15) is 18.4 Å². The highest BCUT2D eigenvalue weighted by atomic mass is 35.5. The number of ether oxygens (including phenoxy) is 1. The van der Waals surface area contributed by atoms with Crippen molar-refractivity contribution in [1.29, 1.82) is 0 Å². The molecule has 0 aliphatic carbocycles. The van der Waals surface area contributed by atoms with Crippen molar-refractivity contribution in [3.8, 4) is 0 Å². The smallest absolute Gasteiger partial charge is 0.129 e. The molecule has 4 rings (SSSR count). The Labute approximate surface area is 146 Å². The molecular weight excluding hydrogens is 322 g/mol. The molecule has 2 N–H and O–H groups in total. The number of aliphatic imine (C=N–C) groups is 1. The lowest BCUT2D eigenvalue weighted by Gasteiger charge is -2.42. The normalized spacial score (nSPS) is 18.5. The van der Waals surface area contributed by atoms with Crippen molar-refractivity contribution in [3.05, 3.63) is 59.1 Å². The van der Waals surface area contributed by atoms with E-state index < -0.39 is 0 Å². The second kappa shape index (κ2) is 6.46. The van der Waals surface area contributed by atoms with Crippen molar-refractivity contribution in [1.82, 2.24) is 5.32 Å². The first-order valence-corrected chi connectivity index (χ1v) is 8.66. The SMILES string of the molecule is Clc1ccccc1CNC1=Nc2ccccc2NC12CCOCC2. The first-order valence-electron chi connectivity index (χ1n) is 8.28. The number of hydrogen-bond donors (Lipinski definition) is 2. The third-order valence-electron chi connectivity index (χ3n) is 4.71. The van der Waals surface area contributed by atoms with E-state index in [-0.39, 0.29) is 5.54 Å². The van der Waals surface area contributed by atoms with Crippen LogP contribution in [-0.4, -0.2) is 24.6 Å². The molecule has 2 heterocycles. The predicted octanol–water partition coefficient (Wildman–Crippen LogP) is 4.13. The van der Waals surface area contributed by atoms with Gasteiger partial charge in [-0.3, -0.25) is 0 Å². The molecule has 1 fully saturated rings. The van der Waals surface area contributed by atoms with E-state index >= 15 is 0 Å². The first kappa shape index (κ1) is 15.5. The quantitative estimate of drug-likeness (QED) is 0.863. The van der Waals surface area contributed by atoms with Crippen LogP contribution < -0.4 is 10.6 Å². The molecule has 2 aromatic carbocycles. The number of nitrogens with zero attached hydrogens (tertiary/aromatic N) is 1. The van der Waals surface area contributed by atoms with Gasteiger partial charge in [-0.25, -0.2) is 4.99 Å². The van der Waals surface area contributed by atoms with Crippen LogP contribution in [-0.2, 0) is 11.3 Å². The Hall–Kier alpha value is -2.04. The number of hydrogen-bond acceptors (Lipinski definition) is 4. The minimum atomic E-state index is -0.187. The van der Waals surface area contributed by atoms with E-state index in [0.29, 0.717) is 6.54 Å². The minimum absolute atomic E-state index is 0.187. The highest BCUT2D eigenvalue weighted by molar-refractivity contribution is 6.31. The zero-order valence-electron chi connectivity index (χ0n) is 13.4. The second-order valence-corrected chi connectivity index (χ2v) is 6.65. The van der Waals surface area contributed by atoms with Gasteiger partial charge in [0.05, 0.1) is 16.9 Å². The molecule has 5 heteroatoms. The molecule has 0 bridgehead atoms. The van der Waals surface area contributed by atoms with Gasteiger partial charge < -0.3 is 15.4 Å². The lowest BCUT2D eigenvalue weighted by molar-refractivity contribution is 0.0771. The Kier molecular flexibility index (Phi) is 4.17. The second-order valence-electron chi connectivity index (χ2n) is 6.24. The monoisotopic (exact) mass is 341 g/mol. The molecule has 2 aliphatic rings. The molecule has 124 valence electrons. The maximum Gasteiger partial charge on any atom is 0.129 e. The molecule has 4 nitrogen and oxygen atoms in total. The first-order chi connectivity index (χ1) is 11.8. The summed E-state index contributed by atoms with van der Waals surface area (Å²) in [5.41, 5.74) is 2.94. The fourth-order valence-electron chi connectivity index (χ4n) is 3.33. The van der Waals surface area contributed by atoms with Gasteiger partial charge in [0.1, 0.15) is 5.84 Å². The number of para-hydroxylation sites is 2. The maximum absolute atomic E-state index is 6.28. The molecule has 2 aromatic rings. The molecule has 0 unspecified atom stereocenters. The number of rotatable bonds is 2. The van der Waals surface area contributed by atoms with Gasteiger partial charge in [-0.05, 0) is 23.8 Å². The Morgan fingerprint density at radius 2 is 1.83 bits per heavy atom. The summed E-state index contributed by atoms with van der Waals surface area (Å²) in [4.78, 5) is 4.91. The van der Waals surface area contributed by atoms with E-state index in [1.54, 1.807) is 0 Å². The summed E-state index contributed by atoms with van der Waals surface area (Å²) in [6, 6.07) is 16.1. The average Bonchev–Trinajstić information content (AvgIpc) is 2.62. The Bertz CT molecular complexity index is 769. The van der Waals surface area contributed by atoms with Gasteiger partial charge in [0.2, 0.25) is 0 Å². The molecule has 24 heavy (non-hydrogen) atoms. The number of amidine groups is 1. The minimum Gasteiger partial charge on any atom is -0.381 e. The predicted molar refractivity (Wildman–Crippen MR) is 98.2 cm³/mol. The molecule has 0 amide bonds. The third-order valence-corrected chi connectivity index (χ3v) is 5.08. The molecular formula is C19H20ClN3O. The van der Waals surface area contributed by atoms with Gasteiger partial charge in [-0.15, -0.1) is 0 Å². The van der Waals surface area contributed by atoms with E-state index in [0.717, 1.165) is 53.9 Å². The van der Waals surface area contributed by atoms with E-state index in [2.05, 4.69) is 16.7 Å². The van der Waals surface area contributed by atoms with Crippen molar-refractivity contribution in [3.63, 3.8) is 0 Å². The summed E-state index contributed by atoms with van der Waals surface area (Å²) < 4.78 is 5.57. The van der Waals surface area contributed by atoms with Gasteiger partial charge in [-0.1, -0.05) is 41.9 Å². The van der Waals surface area contributed by atoms with Crippen molar-refractivity contribution < 1.29 is 4.74 Å². The molecule has 1 spiro atoms. The summed E-state index contributed by atoms with van der Waals surface area (Å²) >= 11 is 6.28. The fourth-order valence-corrected chi connectivity index (χ4v) is 3.53. The Morgan fingerprint density at radius 3 is 2.67 bits per heavy atom. The number of halogens is 1. The lowest BCUT2D eigenvalue weighted by Crippen LogP contribution is -2.56. The van der Waals surface area contributed by atoms with Crippen molar-refractivity contribution >= 4 is 28.8 Å². The molecule has 0 radical (unpaired) electrons. The van der Waals surface area contributed by atoms with E-state index in [1.165, 1.54) is 0 Å². The molecule has 0 atom stereocenters. The van der Waals surface area contributed by atoms with Crippen LogP contribution in [0, 0.1) is 0 Å². The standard InChI is InChI=1S/C19H20ClN3O/c20-15-6-2-1-5-14(15)13-21-18-19(9-11-24-12-10-19)23-17-8-4-3-7-16(17)22-18/h1-8,23H,9-13H2,(H,21,22). The topological polar surface area (TPSA) is 45.7 Å². The van der Waals surface area contributed by atoms with Crippen LogP contribution in [0.25, 0.3) is 0 Å². The largest absolute Gasteiger partial charge is 0.381 e. The van der Waals surface area contributed by atoms with Crippen LogP contribution in [0.2, 0.25) is 5.02 Å². The summed E-state index contributed by atoms with van der Waals surface area (Å²) in [6.07, 6.45) is 1.80. The zero-order valence-corrected chi connectivity index (χ0v) is 14.1. The van der Waals surface area contributed by atoms with E-state index in [4.69, 9.17) is 21.3 Å². The average molecular weight is 342 g/mol. The number of anilines is 1. The van der Waals surface area contributed by atoms with Gasteiger partial charge >= 0.3 is 0 Å². The molecule has 0 saturated carbocycles. The van der Waals surface area contributed by atoms with Crippen LogP contribution in [0.4, 0.5) is 11.4 Å². The van der Waals surface area contributed by atoms with Gasteiger partial charge in [0.25, 0.3) is 0 Å². The summed E-state index contributed by atoms with van der Waals surface area (Å²) in [6.45, 7) is 2.13. The number of fused-ring (bicyclic) bond motifs is 1. The van der Waals surface area contributed by atoms with E-state index in [1.807, 2.05) is 42.5 Å². The van der Waals surface area contributed by atoms with Crippen molar-refractivity contribution in [2.45, 2.75) is 24.9 Å². The van der Waals surface area contributed by atoms with Crippen LogP contribution >= 0.6 is 11.6 Å². The summed E-state index contributed by atoms with van der Waals surface area (Å²) in [5.74, 6) is 0.976. The van der Waals surface area contributed by atoms with Gasteiger partial charge in [0, 0.05) is 37.6 Å². The van der Waals surface area contributed by atoms with E-state index in [9.17, 15) is 0 Å². The highest BCUT2D eigenvalue weighted by Gasteiger charge is 2.40. The highest BCUT2D eigenvalue weighted by Crippen LogP contribution is 2.37.